The van der Waals surface area contributed by atoms with Crippen LogP contribution in [0.3, 0.4) is 0 Å². The second kappa shape index (κ2) is 5.83. The number of rotatable bonds is 3. The lowest BCUT2D eigenvalue weighted by molar-refractivity contribution is -0.115. The lowest BCUT2D eigenvalue weighted by Crippen LogP contribution is -2.15. The molecule has 2 N–H and O–H groups in total. The topological polar surface area (TPSA) is 44.9 Å². The quantitative estimate of drug-likeness (QED) is 0.746. The lowest BCUT2D eigenvalue weighted by Gasteiger charge is -2.07. The minimum Gasteiger partial charge on any atom is -0.358 e. The number of carbonyl (C=O) groups is 1. The van der Waals surface area contributed by atoms with Crippen molar-refractivity contribution in [3.05, 3.63) is 64.9 Å². The van der Waals surface area contributed by atoms with Gasteiger partial charge in [0.15, 0.2) is 0 Å². The highest BCUT2D eigenvalue weighted by atomic mass is 19.1. The van der Waals surface area contributed by atoms with Crippen molar-refractivity contribution in [1.29, 1.82) is 0 Å². The first kappa shape index (κ1) is 15.2. The number of hydrogen-bond acceptors (Lipinski definition) is 1. The molecule has 1 aromatic heterocycles. The summed E-state index contributed by atoms with van der Waals surface area (Å²) < 4.78 is 27.2. The van der Waals surface area contributed by atoms with Crippen molar-refractivity contribution in [1.82, 2.24) is 4.98 Å². The standard InChI is InChI=1S/C18H16F2N2O/c1-10-3-5-17(15(20)7-10)22-18(23)9-13-11(2)21-16-6-4-12(19)8-14(13)16/h3-8,21H,9H2,1-2H3,(H,22,23). The molecule has 0 bridgehead atoms. The Balaban J connectivity index is 1.85. The van der Waals surface area contributed by atoms with Crippen LogP contribution in [0.2, 0.25) is 0 Å². The van der Waals surface area contributed by atoms with Crippen LogP contribution in [0.5, 0.6) is 0 Å². The second-order valence-corrected chi connectivity index (χ2v) is 5.63. The van der Waals surface area contributed by atoms with Gasteiger partial charge in [-0.2, -0.15) is 0 Å². The molecule has 0 atom stereocenters. The van der Waals surface area contributed by atoms with Gasteiger partial charge in [-0.3, -0.25) is 4.79 Å². The van der Waals surface area contributed by atoms with Crippen LogP contribution in [-0.4, -0.2) is 10.9 Å². The maximum atomic E-state index is 13.8. The molecule has 0 radical (unpaired) electrons. The van der Waals surface area contributed by atoms with Gasteiger partial charge in [0.2, 0.25) is 5.91 Å². The van der Waals surface area contributed by atoms with Gasteiger partial charge in [0.25, 0.3) is 0 Å². The Morgan fingerprint density at radius 3 is 2.65 bits per heavy atom. The number of halogens is 2. The first-order chi connectivity index (χ1) is 10.9. The summed E-state index contributed by atoms with van der Waals surface area (Å²) >= 11 is 0. The zero-order valence-electron chi connectivity index (χ0n) is 12.8. The van der Waals surface area contributed by atoms with Gasteiger partial charge in [-0.05, 0) is 55.3 Å². The molecule has 2 aromatic carbocycles. The Morgan fingerprint density at radius 2 is 1.91 bits per heavy atom. The molecular weight excluding hydrogens is 298 g/mol. The van der Waals surface area contributed by atoms with Crippen LogP contribution in [0.1, 0.15) is 16.8 Å². The van der Waals surface area contributed by atoms with E-state index in [1.54, 1.807) is 19.1 Å². The third kappa shape index (κ3) is 3.08. The molecule has 0 spiro atoms. The van der Waals surface area contributed by atoms with Crippen LogP contribution in [0.25, 0.3) is 10.9 Å². The minimum atomic E-state index is -0.472. The molecule has 3 nitrogen and oxygen atoms in total. The van der Waals surface area contributed by atoms with Gasteiger partial charge in [0.05, 0.1) is 12.1 Å². The zero-order chi connectivity index (χ0) is 16.6. The van der Waals surface area contributed by atoms with Gasteiger partial charge in [0, 0.05) is 16.6 Å². The van der Waals surface area contributed by atoms with E-state index in [2.05, 4.69) is 10.3 Å². The SMILES string of the molecule is Cc1ccc(NC(=O)Cc2c(C)[nH]c3ccc(F)cc23)c(F)c1. The molecule has 23 heavy (non-hydrogen) atoms. The number of aryl methyl sites for hydroxylation is 2. The summed E-state index contributed by atoms with van der Waals surface area (Å²) in [7, 11) is 0. The molecule has 1 heterocycles. The number of anilines is 1. The smallest absolute Gasteiger partial charge is 0.228 e. The number of H-pyrrole nitrogens is 1. The van der Waals surface area contributed by atoms with Crippen LogP contribution >= 0.6 is 0 Å². The summed E-state index contributed by atoms with van der Waals surface area (Å²) in [6, 6.07) is 9.02. The number of benzene rings is 2. The van der Waals surface area contributed by atoms with E-state index in [1.165, 1.54) is 24.3 Å². The molecule has 3 aromatic rings. The highest BCUT2D eigenvalue weighted by Gasteiger charge is 2.14. The van der Waals surface area contributed by atoms with Gasteiger partial charge in [0.1, 0.15) is 11.6 Å². The van der Waals surface area contributed by atoms with Crippen molar-refractivity contribution in [3.63, 3.8) is 0 Å². The predicted molar refractivity (Wildman–Crippen MR) is 86.5 cm³/mol. The van der Waals surface area contributed by atoms with E-state index in [4.69, 9.17) is 0 Å². The Hall–Kier alpha value is -2.69. The number of hydrogen-bond donors (Lipinski definition) is 2. The molecule has 0 fully saturated rings. The van der Waals surface area contributed by atoms with Crippen molar-refractivity contribution in [2.45, 2.75) is 20.3 Å². The lowest BCUT2D eigenvalue weighted by atomic mass is 10.1. The van der Waals surface area contributed by atoms with E-state index in [0.717, 1.165) is 16.8 Å². The van der Waals surface area contributed by atoms with Crippen molar-refractivity contribution >= 4 is 22.5 Å². The summed E-state index contributed by atoms with van der Waals surface area (Å²) in [5, 5.41) is 3.23. The van der Waals surface area contributed by atoms with Crippen LogP contribution in [-0.2, 0) is 11.2 Å². The Labute approximate surface area is 132 Å². The van der Waals surface area contributed by atoms with Crippen LogP contribution < -0.4 is 5.32 Å². The van der Waals surface area contributed by atoms with E-state index >= 15 is 0 Å². The van der Waals surface area contributed by atoms with E-state index in [9.17, 15) is 13.6 Å². The zero-order valence-corrected chi connectivity index (χ0v) is 12.8. The van der Waals surface area contributed by atoms with Crippen LogP contribution in [0.15, 0.2) is 36.4 Å². The summed E-state index contributed by atoms with van der Waals surface area (Å²) in [5.41, 5.74) is 3.20. The number of aromatic amines is 1. The highest BCUT2D eigenvalue weighted by Crippen LogP contribution is 2.24. The summed E-state index contributed by atoms with van der Waals surface area (Å²) in [4.78, 5) is 15.3. The Kier molecular flexibility index (Phi) is 3.86. The minimum absolute atomic E-state index is 0.0442. The Morgan fingerprint density at radius 1 is 1.13 bits per heavy atom. The predicted octanol–water partition coefficient (Wildman–Crippen LogP) is 4.24. The fourth-order valence-corrected chi connectivity index (χ4v) is 2.66. The molecule has 118 valence electrons. The maximum Gasteiger partial charge on any atom is 0.228 e. The highest BCUT2D eigenvalue weighted by molar-refractivity contribution is 5.96. The van der Waals surface area contributed by atoms with Gasteiger partial charge in [-0.15, -0.1) is 0 Å². The first-order valence-electron chi connectivity index (χ1n) is 7.27. The number of aromatic nitrogens is 1. The monoisotopic (exact) mass is 314 g/mol. The molecular formula is C18H16F2N2O. The molecule has 0 aliphatic heterocycles. The maximum absolute atomic E-state index is 13.8. The average molecular weight is 314 g/mol. The Bertz CT molecular complexity index is 899. The summed E-state index contributed by atoms with van der Waals surface area (Å²) in [5.74, 6) is -1.18. The number of fused-ring (bicyclic) bond motifs is 1. The van der Waals surface area contributed by atoms with Crippen molar-refractivity contribution in [3.8, 4) is 0 Å². The molecule has 3 rings (SSSR count). The normalized spacial score (nSPS) is 11.0. The third-order valence-electron chi connectivity index (χ3n) is 3.82. The number of nitrogens with one attached hydrogen (secondary N) is 2. The molecule has 5 heteroatoms. The summed E-state index contributed by atoms with van der Waals surface area (Å²) in [6.45, 7) is 3.60. The average Bonchev–Trinajstić information content (AvgIpc) is 2.78. The molecule has 0 saturated carbocycles. The number of amides is 1. The van der Waals surface area contributed by atoms with E-state index in [-0.39, 0.29) is 23.8 Å². The number of carbonyl (C=O) groups excluding carboxylic acids is 1. The molecule has 0 saturated heterocycles. The summed E-state index contributed by atoms with van der Waals surface area (Å²) in [6.07, 6.45) is 0.0442. The van der Waals surface area contributed by atoms with E-state index < -0.39 is 5.82 Å². The van der Waals surface area contributed by atoms with Crippen LogP contribution in [0, 0.1) is 25.5 Å². The van der Waals surface area contributed by atoms with E-state index in [0.29, 0.717) is 10.9 Å². The fourth-order valence-electron chi connectivity index (χ4n) is 2.66. The molecule has 0 unspecified atom stereocenters. The first-order valence-corrected chi connectivity index (χ1v) is 7.27. The van der Waals surface area contributed by atoms with Gasteiger partial charge in [-0.1, -0.05) is 6.07 Å². The van der Waals surface area contributed by atoms with Crippen molar-refractivity contribution in [2.24, 2.45) is 0 Å². The van der Waals surface area contributed by atoms with Crippen molar-refractivity contribution in [2.75, 3.05) is 5.32 Å². The molecule has 1 amide bonds. The van der Waals surface area contributed by atoms with Gasteiger partial charge >= 0.3 is 0 Å². The van der Waals surface area contributed by atoms with Gasteiger partial charge < -0.3 is 10.3 Å². The third-order valence-corrected chi connectivity index (χ3v) is 3.82. The van der Waals surface area contributed by atoms with E-state index in [1.807, 2.05) is 6.92 Å². The molecule has 0 aliphatic carbocycles. The second-order valence-electron chi connectivity index (χ2n) is 5.63. The largest absolute Gasteiger partial charge is 0.358 e. The van der Waals surface area contributed by atoms with Crippen LogP contribution in [0.4, 0.5) is 14.5 Å². The van der Waals surface area contributed by atoms with Gasteiger partial charge in [-0.25, -0.2) is 8.78 Å². The fraction of sp³-hybridized carbons (Fsp3) is 0.167. The molecule has 0 aliphatic rings. The van der Waals surface area contributed by atoms with Crippen molar-refractivity contribution < 1.29 is 13.6 Å².